The molecule has 0 aliphatic heterocycles. The van der Waals surface area contributed by atoms with E-state index >= 15 is 0 Å². The number of hydrogen-bond acceptors (Lipinski definition) is 3. The van der Waals surface area contributed by atoms with Gasteiger partial charge in [0.15, 0.2) is 0 Å². The number of rotatable bonds is 10. The predicted octanol–water partition coefficient (Wildman–Crippen LogP) is 4.44. The second-order valence-corrected chi connectivity index (χ2v) is 8.71. The molecule has 2 aromatic carbocycles. The lowest BCUT2D eigenvalue weighted by molar-refractivity contribution is -0.127. The van der Waals surface area contributed by atoms with Crippen LogP contribution in [0.25, 0.3) is 0 Å². The highest BCUT2D eigenvalue weighted by Gasteiger charge is 2.29. The molecule has 0 aromatic heterocycles. The van der Waals surface area contributed by atoms with Crippen molar-refractivity contribution in [1.29, 1.82) is 0 Å². The van der Waals surface area contributed by atoms with Crippen molar-refractivity contribution in [2.75, 3.05) is 20.7 Å². The molecule has 30 heavy (non-hydrogen) atoms. The van der Waals surface area contributed by atoms with Crippen LogP contribution in [0, 0.1) is 5.92 Å². The molecule has 1 fully saturated rings. The Hall–Kier alpha value is -2.17. The van der Waals surface area contributed by atoms with Crippen LogP contribution in [0.5, 0.6) is 0 Å². The van der Waals surface area contributed by atoms with Crippen LogP contribution in [0.15, 0.2) is 60.7 Å². The van der Waals surface area contributed by atoms with Crippen molar-refractivity contribution in [2.45, 2.75) is 57.2 Å². The number of aryl methyl sites for hydroxylation is 1. The normalized spacial score (nSPS) is 20.1. The van der Waals surface area contributed by atoms with E-state index in [0.717, 1.165) is 24.8 Å². The molecule has 1 atom stereocenters. The van der Waals surface area contributed by atoms with Crippen molar-refractivity contribution in [3.05, 3.63) is 71.8 Å². The molecule has 2 aromatic rings. The van der Waals surface area contributed by atoms with Gasteiger partial charge in [-0.15, -0.1) is 0 Å². The number of carbonyl (C=O) groups excluding carboxylic acids is 1. The number of carbonyl (C=O) groups is 1. The topological polar surface area (TPSA) is 41.6 Å². The van der Waals surface area contributed by atoms with Crippen LogP contribution in [-0.2, 0) is 22.6 Å². The van der Waals surface area contributed by atoms with Crippen molar-refractivity contribution >= 4 is 5.91 Å². The summed E-state index contributed by atoms with van der Waals surface area (Å²) in [6.07, 6.45) is 6.78. The van der Waals surface area contributed by atoms with E-state index in [2.05, 4.69) is 54.6 Å². The Kier molecular flexibility index (Phi) is 8.91. The zero-order chi connectivity index (χ0) is 21.2. The summed E-state index contributed by atoms with van der Waals surface area (Å²) in [6, 6.07) is 21.6. The van der Waals surface area contributed by atoms with Gasteiger partial charge in [-0.2, -0.15) is 0 Å². The summed E-state index contributed by atoms with van der Waals surface area (Å²) in [7, 11) is 4.40. The fourth-order valence-electron chi connectivity index (χ4n) is 4.63. The molecule has 0 heterocycles. The molecule has 4 nitrogen and oxygen atoms in total. The number of nitrogens with zero attached hydrogens (tertiary/aromatic N) is 1. The summed E-state index contributed by atoms with van der Waals surface area (Å²) >= 11 is 0. The van der Waals surface area contributed by atoms with Gasteiger partial charge in [0.2, 0.25) is 5.91 Å². The third kappa shape index (κ3) is 7.26. The summed E-state index contributed by atoms with van der Waals surface area (Å²) in [5, 5.41) is 3.17. The first-order chi connectivity index (χ1) is 14.6. The predicted molar refractivity (Wildman–Crippen MR) is 122 cm³/mol. The van der Waals surface area contributed by atoms with E-state index in [1.54, 1.807) is 0 Å². The van der Waals surface area contributed by atoms with Gasteiger partial charge in [0.1, 0.15) is 6.61 Å². The molecule has 3 rings (SSSR count). The van der Waals surface area contributed by atoms with E-state index in [1.165, 1.54) is 24.8 Å². The summed E-state index contributed by atoms with van der Waals surface area (Å²) in [5.41, 5.74) is 2.51. The van der Waals surface area contributed by atoms with Gasteiger partial charge in [0.05, 0.1) is 6.61 Å². The second kappa shape index (κ2) is 11.9. The number of benzene rings is 2. The highest BCUT2D eigenvalue weighted by molar-refractivity contribution is 5.77. The Morgan fingerprint density at radius 3 is 2.17 bits per heavy atom. The fourth-order valence-corrected chi connectivity index (χ4v) is 4.63. The van der Waals surface area contributed by atoms with Crippen molar-refractivity contribution in [3.63, 3.8) is 0 Å². The third-order valence-corrected chi connectivity index (χ3v) is 6.26. The van der Waals surface area contributed by atoms with Crippen LogP contribution in [0.1, 0.15) is 43.2 Å². The minimum Gasteiger partial charge on any atom is -0.367 e. The first-order valence-electron chi connectivity index (χ1n) is 11.2. The molecular formula is C26H36N2O2. The lowest BCUT2D eigenvalue weighted by atomic mass is 9.79. The molecule has 1 saturated carbocycles. The maximum Gasteiger partial charge on any atom is 0.246 e. The molecule has 1 amide bonds. The van der Waals surface area contributed by atoms with Gasteiger partial charge in [-0.1, -0.05) is 60.7 Å². The standard InChI is InChI=1S/C26H36N2O2/c1-28(2)25(18-13-21-9-5-3-6-10-21)23-14-16-24(17-15-23)27-26(29)20-30-19-22-11-7-4-8-12-22/h3-12,23-25H,13-20H2,1-2H3,(H,27,29). The summed E-state index contributed by atoms with van der Waals surface area (Å²) < 4.78 is 5.57. The van der Waals surface area contributed by atoms with E-state index in [1.807, 2.05) is 30.3 Å². The molecule has 1 aliphatic rings. The van der Waals surface area contributed by atoms with Gasteiger partial charge >= 0.3 is 0 Å². The number of nitrogens with one attached hydrogen (secondary N) is 1. The number of ether oxygens (including phenoxy) is 1. The Morgan fingerprint density at radius 1 is 0.967 bits per heavy atom. The van der Waals surface area contributed by atoms with Crippen molar-refractivity contribution in [2.24, 2.45) is 5.92 Å². The van der Waals surface area contributed by atoms with E-state index < -0.39 is 0 Å². The summed E-state index contributed by atoms with van der Waals surface area (Å²) in [4.78, 5) is 14.6. The van der Waals surface area contributed by atoms with Gasteiger partial charge in [-0.3, -0.25) is 4.79 Å². The maximum atomic E-state index is 12.2. The lowest BCUT2D eigenvalue weighted by Crippen LogP contribution is -2.43. The van der Waals surface area contributed by atoms with Gasteiger partial charge in [0, 0.05) is 12.1 Å². The Bertz CT molecular complexity index is 740. The average molecular weight is 409 g/mol. The van der Waals surface area contributed by atoms with Gasteiger partial charge < -0.3 is 15.0 Å². The minimum atomic E-state index is 0.00242. The SMILES string of the molecule is CN(C)C(CCc1ccccc1)C1CCC(NC(=O)COCc2ccccc2)CC1. The van der Waals surface area contributed by atoms with Crippen LogP contribution < -0.4 is 5.32 Å². The molecule has 162 valence electrons. The zero-order valence-electron chi connectivity index (χ0n) is 18.4. The van der Waals surface area contributed by atoms with Crippen molar-refractivity contribution in [1.82, 2.24) is 10.2 Å². The lowest BCUT2D eigenvalue weighted by Gasteiger charge is -2.37. The highest BCUT2D eigenvalue weighted by atomic mass is 16.5. The van der Waals surface area contributed by atoms with Crippen LogP contribution in [0.2, 0.25) is 0 Å². The highest BCUT2D eigenvalue weighted by Crippen LogP contribution is 2.31. The zero-order valence-corrected chi connectivity index (χ0v) is 18.4. The molecule has 0 bridgehead atoms. The van der Waals surface area contributed by atoms with Crippen LogP contribution in [-0.4, -0.2) is 43.6 Å². The van der Waals surface area contributed by atoms with E-state index in [0.29, 0.717) is 18.6 Å². The van der Waals surface area contributed by atoms with Crippen molar-refractivity contribution < 1.29 is 9.53 Å². The largest absolute Gasteiger partial charge is 0.367 e. The Balaban J connectivity index is 1.37. The molecular weight excluding hydrogens is 372 g/mol. The molecule has 1 N–H and O–H groups in total. The molecule has 0 radical (unpaired) electrons. The van der Waals surface area contributed by atoms with Gasteiger partial charge in [-0.25, -0.2) is 0 Å². The van der Waals surface area contributed by atoms with Crippen molar-refractivity contribution in [3.8, 4) is 0 Å². The smallest absolute Gasteiger partial charge is 0.246 e. The average Bonchev–Trinajstić information content (AvgIpc) is 2.76. The maximum absolute atomic E-state index is 12.2. The first kappa shape index (κ1) is 22.5. The van der Waals surface area contributed by atoms with E-state index in [4.69, 9.17) is 4.74 Å². The molecule has 4 heteroatoms. The van der Waals surface area contributed by atoms with E-state index in [9.17, 15) is 4.79 Å². The van der Waals surface area contributed by atoms with E-state index in [-0.39, 0.29) is 18.6 Å². The number of amides is 1. The Labute approximate surface area is 181 Å². The fraction of sp³-hybridized carbons (Fsp3) is 0.500. The van der Waals surface area contributed by atoms with Gasteiger partial charge in [-0.05, 0) is 69.7 Å². The number of hydrogen-bond donors (Lipinski definition) is 1. The van der Waals surface area contributed by atoms with Crippen LogP contribution >= 0.6 is 0 Å². The van der Waals surface area contributed by atoms with Gasteiger partial charge in [0.25, 0.3) is 0 Å². The quantitative estimate of drug-likeness (QED) is 0.632. The summed E-state index contributed by atoms with van der Waals surface area (Å²) in [6.45, 7) is 0.610. The molecule has 1 aliphatic carbocycles. The third-order valence-electron chi connectivity index (χ3n) is 6.26. The van der Waals surface area contributed by atoms with Crippen LogP contribution in [0.3, 0.4) is 0 Å². The Morgan fingerprint density at radius 2 is 1.57 bits per heavy atom. The van der Waals surface area contributed by atoms with Crippen LogP contribution in [0.4, 0.5) is 0 Å². The molecule has 1 unspecified atom stereocenters. The first-order valence-corrected chi connectivity index (χ1v) is 11.2. The second-order valence-electron chi connectivity index (χ2n) is 8.71. The minimum absolute atomic E-state index is 0.00242. The molecule has 0 saturated heterocycles. The monoisotopic (exact) mass is 408 g/mol. The summed E-state index contributed by atoms with van der Waals surface area (Å²) in [5.74, 6) is 0.703. The molecule has 0 spiro atoms.